The van der Waals surface area contributed by atoms with Crippen LogP contribution in [0.3, 0.4) is 0 Å². The summed E-state index contributed by atoms with van der Waals surface area (Å²) in [5.74, 6) is 0. The average molecular weight is 1040 g/mol. The van der Waals surface area contributed by atoms with Gasteiger partial charge in [0.25, 0.3) is 0 Å². The molecule has 1 heterocycles. The minimum absolute atomic E-state index is 0.118. The first-order chi connectivity index (χ1) is 26.7. The van der Waals surface area contributed by atoms with Gasteiger partial charge in [0.1, 0.15) is 0 Å². The van der Waals surface area contributed by atoms with Gasteiger partial charge in [0.2, 0.25) is 0 Å². The zero-order chi connectivity index (χ0) is 44.9. The van der Waals surface area contributed by atoms with Crippen LogP contribution in [0.5, 0.6) is 0 Å². The van der Waals surface area contributed by atoms with Crippen molar-refractivity contribution in [2.45, 2.75) is 145 Å². The van der Waals surface area contributed by atoms with Crippen molar-refractivity contribution in [2.24, 2.45) is 0 Å². The maximum absolute atomic E-state index is 15.0. The quantitative estimate of drug-likeness (QED) is 0.169. The molecule has 326 valence electrons. The van der Waals surface area contributed by atoms with Gasteiger partial charge in [-0.25, -0.2) is 0 Å². The fourth-order valence-electron chi connectivity index (χ4n) is 9.96. The molecular formula is C45H73BrGeN2O4S2Si4. The van der Waals surface area contributed by atoms with Crippen LogP contribution in [0, 0.1) is 13.8 Å². The van der Waals surface area contributed by atoms with Crippen LogP contribution < -0.4 is 0 Å². The van der Waals surface area contributed by atoms with Gasteiger partial charge in [0, 0.05) is 0 Å². The summed E-state index contributed by atoms with van der Waals surface area (Å²) in [6.45, 7) is 41.9. The van der Waals surface area contributed by atoms with Gasteiger partial charge in [0.05, 0.1) is 0 Å². The molecule has 3 aromatic carbocycles. The molecule has 1 aliphatic heterocycles. The molecule has 0 bridgehead atoms. The van der Waals surface area contributed by atoms with Crippen LogP contribution in [0.1, 0.15) is 70.9 Å². The molecule has 0 fully saturated rings. The van der Waals surface area contributed by atoms with Gasteiger partial charge >= 0.3 is 381 Å². The van der Waals surface area contributed by atoms with E-state index in [1.165, 1.54) is 22.3 Å². The Bertz CT molecular complexity index is 2150. The van der Waals surface area contributed by atoms with Gasteiger partial charge in [-0.3, -0.25) is 0 Å². The Balaban J connectivity index is 2.31. The molecule has 0 spiro atoms. The van der Waals surface area contributed by atoms with E-state index in [1.807, 2.05) is 38.1 Å². The number of nitrogens with zero attached hydrogens (tertiary/aromatic N) is 2. The first-order valence-corrected chi connectivity index (χ1v) is 44.3. The van der Waals surface area contributed by atoms with Crippen molar-refractivity contribution in [3.8, 4) is 0 Å². The second-order valence-electron chi connectivity index (χ2n) is 22.3. The maximum atomic E-state index is 15.0. The first kappa shape index (κ1) is 50.8. The molecule has 0 saturated heterocycles. The molecule has 2 radical (unpaired) electrons. The summed E-state index contributed by atoms with van der Waals surface area (Å²) in [6.07, 6.45) is 0.376. The van der Waals surface area contributed by atoms with E-state index in [0.717, 1.165) is 21.1 Å². The van der Waals surface area contributed by atoms with Gasteiger partial charge in [0.15, 0.2) is 0 Å². The molecule has 0 N–H and O–H groups in total. The van der Waals surface area contributed by atoms with Crippen molar-refractivity contribution in [2.75, 3.05) is 26.2 Å². The number of halogens is 1. The Morgan fingerprint density at radius 1 is 0.593 bits per heavy atom. The predicted octanol–water partition coefficient (Wildman–Crippen LogP) is 11.8. The third-order valence-corrected chi connectivity index (χ3v) is 37.9. The number of benzene rings is 3. The molecule has 0 aromatic heterocycles. The number of aryl methyl sites for hydroxylation is 2. The summed E-state index contributed by atoms with van der Waals surface area (Å²) >= 11 is 2.99. The van der Waals surface area contributed by atoms with Gasteiger partial charge in [-0.15, -0.1) is 0 Å². The Labute approximate surface area is 377 Å². The Hall–Kier alpha value is -0.890. The summed E-state index contributed by atoms with van der Waals surface area (Å²) in [5.41, 5.74) is 8.24. The molecule has 59 heavy (non-hydrogen) atoms. The Morgan fingerprint density at radius 2 is 0.932 bits per heavy atom. The van der Waals surface area contributed by atoms with Crippen molar-refractivity contribution < 1.29 is 16.8 Å². The van der Waals surface area contributed by atoms with E-state index in [2.05, 4.69) is 125 Å². The summed E-state index contributed by atoms with van der Waals surface area (Å²) < 4.78 is 63.9. The Kier molecular flexibility index (Phi) is 15.7. The summed E-state index contributed by atoms with van der Waals surface area (Å²) in [7, 11) is -15.6. The summed E-state index contributed by atoms with van der Waals surface area (Å²) in [5, 5.41) is 0.724. The average Bonchev–Trinajstić information content (AvgIpc) is 3.15. The van der Waals surface area contributed by atoms with Crippen molar-refractivity contribution in [3.05, 3.63) is 98.4 Å². The fraction of sp³-hybridized carbons (Fsp3) is 0.556. The molecule has 0 saturated carbocycles. The standard InChI is InChI=1S/C45H73BrGeN2O4S2Si4/c1-33-19-23-36(24-20-33)54(50,51)48-27-18-28-49(55(52,53)37-25-21-34(2)22-26-37)32-41(47-46)40(31-48)42-38(43(56(6,7)8)57(9,10)11)29-35(45(3,4)5)30-39(42)44(58(12,13)14)59(15,16)17/h19-26,29-30,43-44H,18,27-28,31-32H2,1-17H3/b41-40-. The van der Waals surface area contributed by atoms with E-state index >= 15 is 8.42 Å². The normalized spacial score (nSPS) is 18.0. The second kappa shape index (κ2) is 18.3. The van der Waals surface area contributed by atoms with Crippen LogP contribution in [-0.4, -0.2) is 97.5 Å². The first-order valence-electron chi connectivity index (χ1n) is 21.1. The van der Waals surface area contributed by atoms with Crippen molar-refractivity contribution in [1.82, 2.24) is 8.61 Å². The van der Waals surface area contributed by atoms with E-state index in [0.29, 0.717) is 16.7 Å². The van der Waals surface area contributed by atoms with Crippen molar-refractivity contribution in [1.29, 1.82) is 0 Å². The molecule has 0 amide bonds. The second-order valence-corrected chi connectivity index (χ2v) is 52.3. The van der Waals surface area contributed by atoms with Crippen LogP contribution in [0.4, 0.5) is 0 Å². The van der Waals surface area contributed by atoms with Crippen LogP contribution in [-0.2, 0) is 25.5 Å². The number of hydrogen-bond acceptors (Lipinski definition) is 4. The van der Waals surface area contributed by atoms with Crippen LogP contribution >= 0.6 is 14.0 Å². The molecular weight excluding hydrogens is 961 g/mol. The molecule has 3 aromatic rings. The molecule has 0 atom stereocenters. The number of sulfonamides is 2. The zero-order valence-corrected chi connectivity index (χ0v) is 48.5. The van der Waals surface area contributed by atoms with E-state index in [9.17, 15) is 8.42 Å². The molecule has 0 aliphatic carbocycles. The zero-order valence-electron chi connectivity index (χ0n) is 39.2. The third-order valence-electron chi connectivity index (χ3n) is 11.7. The van der Waals surface area contributed by atoms with E-state index < -0.39 is 65.9 Å². The SMILES string of the molecule is Cc1ccc(S(=O)(=O)N2CCCN(S(=O)(=O)c3ccc(C)cc3)C/C(c3c(C([Si](C)(C)C)[Si](C)(C)C)cc(C(C)(C)C)cc3C([Si](C)(C)C)[Si](C)(C)C)=[C](/[Ge][Br])C2)cc1. The molecule has 14 heteroatoms. The van der Waals surface area contributed by atoms with Crippen molar-refractivity contribution >= 4 is 85.5 Å². The molecule has 6 nitrogen and oxygen atoms in total. The van der Waals surface area contributed by atoms with E-state index in [-0.39, 0.29) is 41.4 Å². The summed E-state index contributed by atoms with van der Waals surface area (Å²) in [6, 6.07) is 19.4. The van der Waals surface area contributed by atoms with Crippen LogP contribution in [0.15, 0.2) is 74.9 Å². The van der Waals surface area contributed by atoms with Gasteiger partial charge in [-0.1, -0.05) is 0 Å². The number of rotatable bonds is 12. The van der Waals surface area contributed by atoms with Gasteiger partial charge in [-0.2, -0.15) is 0 Å². The number of hydrogen-bond donors (Lipinski definition) is 0. The van der Waals surface area contributed by atoms with Gasteiger partial charge in [-0.05, 0) is 0 Å². The van der Waals surface area contributed by atoms with Gasteiger partial charge < -0.3 is 0 Å². The molecule has 4 rings (SSSR count). The summed E-state index contributed by atoms with van der Waals surface area (Å²) in [4.78, 5) is 0.544. The van der Waals surface area contributed by atoms with E-state index in [1.54, 1.807) is 32.9 Å². The van der Waals surface area contributed by atoms with Crippen molar-refractivity contribution in [3.63, 3.8) is 0 Å². The molecule has 1 aliphatic rings. The Morgan fingerprint density at radius 3 is 1.24 bits per heavy atom. The van der Waals surface area contributed by atoms with E-state index in [4.69, 9.17) is 0 Å². The topological polar surface area (TPSA) is 74.8 Å². The monoisotopic (exact) mass is 1030 g/mol. The minimum atomic E-state index is -3.96. The predicted molar refractivity (Wildman–Crippen MR) is 270 cm³/mol. The fourth-order valence-corrected chi connectivity index (χ4v) is 41.6. The van der Waals surface area contributed by atoms with Crippen LogP contribution in [0.2, 0.25) is 78.6 Å². The third kappa shape index (κ3) is 11.8. The molecule has 0 unspecified atom stereocenters. The van der Waals surface area contributed by atoms with Crippen LogP contribution in [0.25, 0.3) is 5.57 Å².